The molecule has 2 amide bonds. The van der Waals surface area contributed by atoms with Crippen molar-refractivity contribution in [2.45, 2.75) is 44.2 Å². The lowest BCUT2D eigenvalue weighted by molar-refractivity contribution is -0.144. The summed E-state index contributed by atoms with van der Waals surface area (Å²) in [7, 11) is 0. The third kappa shape index (κ3) is 2.22. The Hall–Kier alpha value is -1.26. The van der Waals surface area contributed by atoms with E-state index in [1.165, 1.54) is 0 Å². The number of carboxylic acid groups (broad SMARTS) is 1. The van der Waals surface area contributed by atoms with Crippen molar-refractivity contribution in [1.29, 1.82) is 0 Å². The Morgan fingerprint density at radius 3 is 2.27 bits per heavy atom. The third-order valence-electron chi connectivity index (χ3n) is 3.12. The Bertz CT molecular complexity index is 297. The van der Waals surface area contributed by atoms with Crippen LogP contribution in [0.25, 0.3) is 0 Å². The van der Waals surface area contributed by atoms with Gasteiger partial charge in [0, 0.05) is 6.04 Å². The number of carbonyl (C=O) groups excluding carboxylic acids is 1. The van der Waals surface area contributed by atoms with Crippen LogP contribution in [0, 0.1) is 5.92 Å². The van der Waals surface area contributed by atoms with Crippen LogP contribution in [0.1, 0.15) is 32.6 Å². The normalized spacial score (nSPS) is 24.1. The van der Waals surface area contributed by atoms with Crippen molar-refractivity contribution in [3.8, 4) is 0 Å². The Morgan fingerprint density at radius 1 is 1.27 bits per heavy atom. The zero-order chi connectivity index (χ0) is 11.1. The second kappa shape index (κ2) is 3.40. The van der Waals surface area contributed by atoms with E-state index in [9.17, 15) is 9.59 Å². The molecule has 3 N–H and O–H groups in total. The molecule has 0 aliphatic heterocycles. The average Bonchev–Trinajstić information content (AvgIpc) is 2.98. The SMILES string of the molecule is CC(NC(=O)NC1CC1)(C(=O)O)C1CC1. The van der Waals surface area contributed by atoms with Gasteiger partial charge in [0.15, 0.2) is 0 Å². The summed E-state index contributed by atoms with van der Waals surface area (Å²) in [4.78, 5) is 22.6. The van der Waals surface area contributed by atoms with E-state index in [4.69, 9.17) is 5.11 Å². The van der Waals surface area contributed by atoms with E-state index in [0.29, 0.717) is 0 Å². The first-order chi connectivity index (χ1) is 7.02. The number of rotatable bonds is 4. The molecule has 0 aromatic carbocycles. The van der Waals surface area contributed by atoms with E-state index >= 15 is 0 Å². The zero-order valence-electron chi connectivity index (χ0n) is 8.75. The molecule has 0 aromatic heterocycles. The monoisotopic (exact) mass is 212 g/mol. The van der Waals surface area contributed by atoms with Crippen molar-refractivity contribution in [1.82, 2.24) is 10.6 Å². The molecule has 0 heterocycles. The first-order valence-corrected chi connectivity index (χ1v) is 5.34. The third-order valence-corrected chi connectivity index (χ3v) is 3.12. The highest BCUT2D eigenvalue weighted by molar-refractivity contribution is 5.86. The predicted octanol–water partition coefficient (Wildman–Crippen LogP) is 0.701. The van der Waals surface area contributed by atoms with Gasteiger partial charge in [0.25, 0.3) is 0 Å². The van der Waals surface area contributed by atoms with Gasteiger partial charge in [0.05, 0.1) is 0 Å². The average molecular weight is 212 g/mol. The zero-order valence-corrected chi connectivity index (χ0v) is 8.75. The summed E-state index contributed by atoms with van der Waals surface area (Å²) in [6.45, 7) is 1.58. The molecule has 5 nitrogen and oxygen atoms in total. The van der Waals surface area contributed by atoms with E-state index in [1.54, 1.807) is 6.92 Å². The molecule has 1 atom stereocenters. The van der Waals surface area contributed by atoms with E-state index in [1.807, 2.05) is 0 Å². The van der Waals surface area contributed by atoms with Crippen molar-refractivity contribution in [3.63, 3.8) is 0 Å². The van der Waals surface area contributed by atoms with Crippen LogP contribution in [-0.4, -0.2) is 28.7 Å². The highest BCUT2D eigenvalue weighted by Gasteiger charge is 2.48. The Labute approximate surface area is 88.2 Å². The van der Waals surface area contributed by atoms with Crippen LogP contribution in [0.3, 0.4) is 0 Å². The summed E-state index contributed by atoms with van der Waals surface area (Å²) in [6, 6.07) is -0.100. The number of amides is 2. The molecule has 2 aliphatic carbocycles. The van der Waals surface area contributed by atoms with Gasteiger partial charge in [-0.2, -0.15) is 0 Å². The van der Waals surface area contributed by atoms with E-state index in [-0.39, 0.29) is 18.0 Å². The molecule has 0 radical (unpaired) electrons. The summed E-state index contributed by atoms with van der Waals surface area (Å²) in [6.07, 6.45) is 3.76. The van der Waals surface area contributed by atoms with Crippen LogP contribution in [0.5, 0.6) is 0 Å². The van der Waals surface area contributed by atoms with Crippen LogP contribution in [0.4, 0.5) is 4.79 Å². The van der Waals surface area contributed by atoms with Crippen molar-refractivity contribution in [2.24, 2.45) is 5.92 Å². The standard InChI is InChI=1S/C10H16N2O3/c1-10(8(13)14,6-2-3-6)12-9(15)11-7-4-5-7/h6-7H,2-5H2,1H3,(H,13,14)(H2,11,12,15). The lowest BCUT2D eigenvalue weighted by Gasteiger charge is -2.26. The van der Waals surface area contributed by atoms with E-state index < -0.39 is 11.5 Å². The first-order valence-electron chi connectivity index (χ1n) is 5.34. The molecule has 2 saturated carbocycles. The fraction of sp³-hybridized carbons (Fsp3) is 0.800. The molecule has 0 bridgehead atoms. The summed E-state index contributed by atoms with van der Waals surface area (Å²) >= 11 is 0. The van der Waals surface area contributed by atoms with Gasteiger partial charge in [0.2, 0.25) is 0 Å². The fourth-order valence-corrected chi connectivity index (χ4v) is 1.68. The summed E-state index contributed by atoms with van der Waals surface area (Å²) in [5.74, 6) is -0.865. The van der Waals surface area contributed by atoms with E-state index in [0.717, 1.165) is 25.7 Å². The second-order valence-corrected chi connectivity index (χ2v) is 4.65. The topological polar surface area (TPSA) is 78.4 Å². The number of carboxylic acids is 1. The molecule has 5 heteroatoms. The van der Waals surface area contributed by atoms with Crippen molar-refractivity contribution in [2.75, 3.05) is 0 Å². The van der Waals surface area contributed by atoms with Gasteiger partial charge in [0.1, 0.15) is 5.54 Å². The van der Waals surface area contributed by atoms with Gasteiger partial charge in [-0.1, -0.05) is 0 Å². The second-order valence-electron chi connectivity index (χ2n) is 4.65. The van der Waals surface area contributed by atoms with Gasteiger partial charge < -0.3 is 15.7 Å². The quantitative estimate of drug-likeness (QED) is 0.642. The van der Waals surface area contributed by atoms with Crippen molar-refractivity contribution < 1.29 is 14.7 Å². The number of urea groups is 1. The highest BCUT2D eigenvalue weighted by Crippen LogP contribution is 2.39. The Balaban J connectivity index is 1.92. The minimum absolute atomic E-state index is 0.0833. The predicted molar refractivity (Wildman–Crippen MR) is 53.5 cm³/mol. The Morgan fingerprint density at radius 2 is 1.87 bits per heavy atom. The molecule has 1 unspecified atom stereocenters. The molecular formula is C10H16N2O3. The minimum Gasteiger partial charge on any atom is -0.480 e. The maximum Gasteiger partial charge on any atom is 0.329 e. The van der Waals surface area contributed by atoms with Crippen molar-refractivity contribution in [3.05, 3.63) is 0 Å². The number of aliphatic carboxylic acids is 1. The van der Waals surface area contributed by atoms with Crippen LogP contribution in [0.2, 0.25) is 0 Å². The molecule has 0 saturated heterocycles. The molecule has 0 spiro atoms. The van der Waals surface area contributed by atoms with Gasteiger partial charge in [-0.3, -0.25) is 0 Å². The van der Waals surface area contributed by atoms with Crippen LogP contribution in [-0.2, 0) is 4.79 Å². The number of carbonyl (C=O) groups is 2. The summed E-state index contributed by atoms with van der Waals surface area (Å²) < 4.78 is 0. The molecule has 0 aromatic rings. The summed E-state index contributed by atoms with van der Waals surface area (Å²) in [5.41, 5.74) is -1.10. The lowest BCUT2D eigenvalue weighted by Crippen LogP contribution is -2.57. The minimum atomic E-state index is -1.10. The molecule has 84 valence electrons. The smallest absolute Gasteiger partial charge is 0.329 e. The summed E-state index contributed by atoms with van der Waals surface area (Å²) in [5, 5.41) is 14.4. The molecule has 2 rings (SSSR count). The van der Waals surface area contributed by atoms with Gasteiger partial charge in [-0.05, 0) is 38.5 Å². The lowest BCUT2D eigenvalue weighted by atomic mass is 9.96. The number of hydrogen-bond donors (Lipinski definition) is 3. The van der Waals surface area contributed by atoms with Crippen LogP contribution in [0.15, 0.2) is 0 Å². The molecular weight excluding hydrogens is 196 g/mol. The van der Waals surface area contributed by atoms with Gasteiger partial charge in [-0.15, -0.1) is 0 Å². The first kappa shape index (κ1) is 10.3. The van der Waals surface area contributed by atoms with Crippen LogP contribution < -0.4 is 10.6 Å². The fourth-order valence-electron chi connectivity index (χ4n) is 1.68. The van der Waals surface area contributed by atoms with E-state index in [2.05, 4.69) is 10.6 Å². The molecule has 15 heavy (non-hydrogen) atoms. The Kier molecular flexibility index (Phi) is 2.32. The van der Waals surface area contributed by atoms with Crippen LogP contribution >= 0.6 is 0 Å². The number of hydrogen-bond acceptors (Lipinski definition) is 2. The van der Waals surface area contributed by atoms with Gasteiger partial charge >= 0.3 is 12.0 Å². The maximum atomic E-state index is 11.5. The van der Waals surface area contributed by atoms with Crippen molar-refractivity contribution >= 4 is 12.0 Å². The van der Waals surface area contributed by atoms with Gasteiger partial charge in [-0.25, -0.2) is 9.59 Å². The highest BCUT2D eigenvalue weighted by atomic mass is 16.4. The maximum absolute atomic E-state index is 11.5. The number of nitrogens with one attached hydrogen (secondary N) is 2. The molecule has 2 fully saturated rings. The largest absolute Gasteiger partial charge is 0.480 e. The molecule has 2 aliphatic rings.